The molecule has 0 aliphatic heterocycles. The maximum Gasteiger partial charge on any atom is 0.635 e. The molecule has 1 unspecified atom stereocenters. The molecule has 4 N–H and O–H groups in total. The van der Waals surface area contributed by atoms with Crippen LogP contribution >= 0.6 is 0 Å². The van der Waals surface area contributed by atoms with Crippen molar-refractivity contribution >= 4 is 19.1 Å². The molecule has 0 bridgehead atoms. The highest BCUT2D eigenvalue weighted by molar-refractivity contribution is 6.32. The Hall–Kier alpha value is -4.44. The Morgan fingerprint density at radius 1 is 0.732 bits per heavy atom. The van der Waals surface area contributed by atoms with Crippen LogP contribution in [0.3, 0.4) is 0 Å². The van der Waals surface area contributed by atoms with Gasteiger partial charge in [0.1, 0.15) is 17.9 Å². The minimum Gasteiger partial charge on any atom is -0.497 e. The summed E-state index contributed by atoms with van der Waals surface area (Å²) in [6.07, 6.45) is -0.784. The van der Waals surface area contributed by atoms with Gasteiger partial charge in [-0.25, -0.2) is 0 Å². The van der Waals surface area contributed by atoms with Gasteiger partial charge in [0.25, 0.3) is 0 Å². The number of carbonyl (C=O) groups is 2. The molecule has 0 aromatic heterocycles. The summed E-state index contributed by atoms with van der Waals surface area (Å²) in [6.45, 7) is 0.206. The van der Waals surface area contributed by atoms with Crippen molar-refractivity contribution in [3.05, 3.63) is 126 Å². The van der Waals surface area contributed by atoms with E-state index >= 15 is 0 Å². The third-order valence-corrected chi connectivity index (χ3v) is 6.59. The zero-order valence-electron chi connectivity index (χ0n) is 22.8. The minimum atomic E-state index is -2.11. The molecule has 0 radical (unpaired) electrons. The second kappa shape index (κ2) is 14.8. The van der Waals surface area contributed by atoms with Crippen LogP contribution in [-0.4, -0.2) is 42.5 Å². The van der Waals surface area contributed by atoms with Gasteiger partial charge in [0.2, 0.25) is 11.8 Å². The summed E-state index contributed by atoms with van der Waals surface area (Å²) in [5.41, 5.74) is 4.52. The Morgan fingerprint density at radius 3 is 2.00 bits per heavy atom. The van der Waals surface area contributed by atoms with Gasteiger partial charge in [0.15, 0.2) is 0 Å². The van der Waals surface area contributed by atoms with Crippen molar-refractivity contribution in [3.63, 3.8) is 0 Å². The lowest BCUT2D eigenvalue weighted by Crippen LogP contribution is -2.48. The molecule has 0 aliphatic rings. The van der Waals surface area contributed by atoms with Crippen molar-refractivity contribution in [2.75, 3.05) is 7.11 Å². The number of rotatable bonds is 13. The van der Waals surface area contributed by atoms with E-state index in [1.807, 2.05) is 109 Å². The highest BCUT2D eigenvalue weighted by Gasteiger charge is 2.30. The van der Waals surface area contributed by atoms with Crippen molar-refractivity contribution in [2.45, 2.75) is 25.6 Å². The summed E-state index contributed by atoms with van der Waals surface area (Å²) in [5.74, 6) is -1.49. The lowest BCUT2D eigenvalue weighted by Gasteiger charge is -2.23. The number of methoxy groups -OCH3 is 1. The Bertz CT molecular complexity index is 1400. The molecule has 4 aromatic rings. The van der Waals surface area contributed by atoms with Gasteiger partial charge in [-0.1, -0.05) is 97.1 Å². The van der Waals surface area contributed by atoms with Gasteiger partial charge in [-0.2, -0.15) is 0 Å². The fourth-order valence-electron chi connectivity index (χ4n) is 4.47. The van der Waals surface area contributed by atoms with Crippen molar-refractivity contribution in [1.29, 1.82) is 0 Å². The van der Waals surface area contributed by atoms with Gasteiger partial charge in [0.05, 0.1) is 7.11 Å². The Kier molecular flexibility index (Phi) is 10.7. The lowest BCUT2D eigenvalue weighted by molar-refractivity contribution is -0.137. The first-order chi connectivity index (χ1) is 19.9. The number of benzene rings is 4. The number of amides is 2. The molecular weight excluding hydrogens is 519 g/mol. The standard InChI is InChI=1S/C32H33BN2O6/c1-40-28-14-8-11-25(19-28)22-34-31(36)29(20-23-9-4-2-5-10-23)32(37)35-30(41-33(38)39)21-24-15-17-27(18-16-24)26-12-6-3-7-13-26/h2-19,29-30,38-39H,20-22H2,1H3,(H,34,36)(H,35,37)/t29?,30-/m1/s1. The van der Waals surface area contributed by atoms with Crippen LogP contribution in [-0.2, 0) is 33.6 Å². The largest absolute Gasteiger partial charge is 0.635 e. The van der Waals surface area contributed by atoms with Crippen LogP contribution in [0.5, 0.6) is 5.75 Å². The van der Waals surface area contributed by atoms with Crippen LogP contribution in [0.2, 0.25) is 0 Å². The highest BCUT2D eigenvalue weighted by Crippen LogP contribution is 2.20. The highest BCUT2D eigenvalue weighted by atomic mass is 16.6. The quantitative estimate of drug-likeness (QED) is 0.115. The molecule has 0 heterocycles. The summed E-state index contributed by atoms with van der Waals surface area (Å²) >= 11 is 0. The summed E-state index contributed by atoms with van der Waals surface area (Å²) in [7, 11) is -0.546. The molecule has 0 fully saturated rings. The van der Waals surface area contributed by atoms with Gasteiger partial charge in [-0.05, 0) is 46.4 Å². The van der Waals surface area contributed by atoms with Crippen molar-refractivity contribution in [2.24, 2.45) is 5.92 Å². The number of hydrogen-bond donors (Lipinski definition) is 4. The van der Waals surface area contributed by atoms with E-state index in [2.05, 4.69) is 10.6 Å². The maximum absolute atomic E-state index is 13.5. The molecule has 41 heavy (non-hydrogen) atoms. The first-order valence-corrected chi connectivity index (χ1v) is 13.3. The number of hydrogen-bond acceptors (Lipinski definition) is 6. The second-order valence-corrected chi connectivity index (χ2v) is 9.54. The molecule has 210 valence electrons. The van der Waals surface area contributed by atoms with Gasteiger partial charge in [0, 0.05) is 13.0 Å². The van der Waals surface area contributed by atoms with E-state index in [1.54, 1.807) is 7.11 Å². The van der Waals surface area contributed by atoms with Crippen molar-refractivity contribution in [1.82, 2.24) is 10.6 Å². The Morgan fingerprint density at radius 2 is 1.34 bits per heavy atom. The first-order valence-electron chi connectivity index (χ1n) is 13.3. The Balaban J connectivity index is 1.47. The molecule has 0 spiro atoms. The molecular formula is C32H33BN2O6. The monoisotopic (exact) mass is 552 g/mol. The third-order valence-electron chi connectivity index (χ3n) is 6.59. The summed E-state index contributed by atoms with van der Waals surface area (Å²) in [5, 5.41) is 24.6. The molecule has 9 heteroatoms. The third kappa shape index (κ3) is 9.04. The lowest BCUT2D eigenvalue weighted by atomic mass is 9.97. The fraction of sp³-hybridized carbons (Fsp3) is 0.188. The zero-order valence-corrected chi connectivity index (χ0v) is 22.8. The van der Waals surface area contributed by atoms with Crippen LogP contribution in [0, 0.1) is 5.92 Å². The van der Waals surface area contributed by atoms with Crippen molar-refractivity contribution < 1.29 is 29.0 Å². The van der Waals surface area contributed by atoms with E-state index in [0.29, 0.717) is 5.75 Å². The molecule has 2 amide bonds. The number of carbonyl (C=O) groups excluding carboxylic acids is 2. The van der Waals surface area contributed by atoms with E-state index in [9.17, 15) is 19.6 Å². The number of ether oxygens (including phenoxy) is 1. The fourth-order valence-corrected chi connectivity index (χ4v) is 4.47. The molecule has 0 saturated heterocycles. The van der Waals surface area contributed by atoms with Crippen LogP contribution in [0.25, 0.3) is 11.1 Å². The maximum atomic E-state index is 13.5. The van der Waals surface area contributed by atoms with E-state index in [-0.39, 0.29) is 19.4 Å². The van der Waals surface area contributed by atoms with Gasteiger partial charge in [-0.3, -0.25) is 9.59 Å². The molecule has 0 saturated carbocycles. The van der Waals surface area contributed by atoms with E-state index in [0.717, 1.165) is 27.8 Å². The van der Waals surface area contributed by atoms with Gasteiger partial charge < -0.3 is 30.1 Å². The summed E-state index contributed by atoms with van der Waals surface area (Å²) in [4.78, 5) is 26.8. The van der Waals surface area contributed by atoms with E-state index in [4.69, 9.17) is 9.39 Å². The second-order valence-electron chi connectivity index (χ2n) is 9.54. The topological polar surface area (TPSA) is 117 Å². The summed E-state index contributed by atoms with van der Waals surface area (Å²) in [6, 6.07) is 34.1. The van der Waals surface area contributed by atoms with Gasteiger partial charge in [-0.15, -0.1) is 0 Å². The number of nitrogens with one attached hydrogen (secondary N) is 2. The SMILES string of the molecule is COc1cccc(CNC(=O)C(Cc2ccccc2)C(=O)N[C@@H](Cc2ccc(-c3ccccc3)cc2)OB(O)O)c1. The summed E-state index contributed by atoms with van der Waals surface area (Å²) < 4.78 is 10.5. The Labute approximate surface area is 240 Å². The van der Waals surface area contributed by atoms with Crippen LogP contribution in [0.15, 0.2) is 109 Å². The molecule has 4 rings (SSSR count). The predicted octanol–water partition coefficient (Wildman–Crippen LogP) is 3.51. The van der Waals surface area contributed by atoms with Crippen molar-refractivity contribution in [3.8, 4) is 16.9 Å². The molecule has 8 nitrogen and oxygen atoms in total. The van der Waals surface area contributed by atoms with Gasteiger partial charge >= 0.3 is 7.32 Å². The van der Waals surface area contributed by atoms with Crippen LogP contribution in [0.4, 0.5) is 0 Å². The predicted molar refractivity (Wildman–Crippen MR) is 157 cm³/mol. The smallest absolute Gasteiger partial charge is 0.497 e. The van der Waals surface area contributed by atoms with Crippen LogP contribution in [0.1, 0.15) is 16.7 Å². The molecule has 2 atom stereocenters. The molecule has 0 aliphatic carbocycles. The minimum absolute atomic E-state index is 0.150. The normalized spacial score (nSPS) is 12.2. The van der Waals surface area contributed by atoms with Crippen LogP contribution < -0.4 is 15.4 Å². The molecule has 4 aromatic carbocycles. The van der Waals surface area contributed by atoms with E-state index < -0.39 is 31.3 Å². The average Bonchev–Trinajstić information content (AvgIpc) is 2.99. The van der Waals surface area contributed by atoms with E-state index in [1.165, 1.54) is 0 Å². The first kappa shape index (κ1) is 29.5. The average molecular weight is 552 g/mol. The zero-order chi connectivity index (χ0) is 29.0.